The standard InChI is InChI=1S/C11H17NO2S/c1-14-10-4-6-15-11(10)7-12-5-2-3-9(12)8-13/h4,6,9,13H,2-3,5,7-8H2,1H3/t9-/m0/s1. The normalized spacial score (nSPS) is 22.1. The van der Waals surface area contributed by atoms with Crippen LogP contribution in [-0.4, -0.2) is 36.3 Å². The first-order valence-corrected chi connectivity index (χ1v) is 6.18. The molecule has 2 heterocycles. The minimum Gasteiger partial charge on any atom is -0.496 e. The molecular formula is C11H17NO2S. The number of aliphatic hydroxyl groups excluding tert-OH is 1. The van der Waals surface area contributed by atoms with Crippen molar-refractivity contribution in [3.63, 3.8) is 0 Å². The van der Waals surface area contributed by atoms with E-state index in [4.69, 9.17) is 4.74 Å². The minimum absolute atomic E-state index is 0.272. The van der Waals surface area contributed by atoms with Crippen molar-refractivity contribution >= 4 is 11.3 Å². The van der Waals surface area contributed by atoms with Crippen molar-refractivity contribution in [1.82, 2.24) is 4.90 Å². The molecule has 0 spiro atoms. The summed E-state index contributed by atoms with van der Waals surface area (Å²) < 4.78 is 5.29. The van der Waals surface area contributed by atoms with E-state index in [9.17, 15) is 5.11 Å². The number of ether oxygens (including phenoxy) is 1. The highest BCUT2D eigenvalue weighted by Crippen LogP contribution is 2.28. The summed E-state index contributed by atoms with van der Waals surface area (Å²) >= 11 is 1.73. The summed E-state index contributed by atoms with van der Waals surface area (Å²) in [6, 6.07) is 2.35. The van der Waals surface area contributed by atoms with Gasteiger partial charge in [-0.15, -0.1) is 11.3 Å². The van der Waals surface area contributed by atoms with Gasteiger partial charge in [-0.1, -0.05) is 0 Å². The first-order valence-electron chi connectivity index (χ1n) is 5.30. The van der Waals surface area contributed by atoms with Crippen LogP contribution in [0.15, 0.2) is 11.4 Å². The zero-order valence-electron chi connectivity index (χ0n) is 8.98. The number of hydrogen-bond acceptors (Lipinski definition) is 4. The van der Waals surface area contributed by atoms with Gasteiger partial charge in [0.05, 0.1) is 18.6 Å². The molecule has 1 aliphatic heterocycles. The second kappa shape index (κ2) is 4.96. The van der Waals surface area contributed by atoms with E-state index in [0.29, 0.717) is 6.04 Å². The molecule has 15 heavy (non-hydrogen) atoms. The Bertz CT molecular complexity index is 313. The van der Waals surface area contributed by atoms with Gasteiger partial charge in [-0.05, 0) is 30.8 Å². The fourth-order valence-corrected chi connectivity index (χ4v) is 2.98. The van der Waals surface area contributed by atoms with Gasteiger partial charge in [-0.3, -0.25) is 4.90 Å². The Hall–Kier alpha value is -0.580. The number of nitrogens with zero attached hydrogens (tertiary/aromatic N) is 1. The van der Waals surface area contributed by atoms with E-state index in [1.807, 2.05) is 6.07 Å². The summed E-state index contributed by atoms with van der Waals surface area (Å²) in [5.41, 5.74) is 0. The van der Waals surface area contributed by atoms with Crippen LogP contribution in [0.4, 0.5) is 0 Å². The highest BCUT2D eigenvalue weighted by Gasteiger charge is 2.24. The van der Waals surface area contributed by atoms with Gasteiger partial charge >= 0.3 is 0 Å². The Kier molecular flexibility index (Phi) is 3.61. The molecule has 0 aromatic carbocycles. The molecule has 1 atom stereocenters. The Balaban J connectivity index is 2.01. The van der Waals surface area contributed by atoms with Gasteiger partial charge in [0, 0.05) is 12.6 Å². The van der Waals surface area contributed by atoms with Crippen LogP contribution in [-0.2, 0) is 6.54 Å². The molecule has 0 unspecified atom stereocenters. The summed E-state index contributed by atoms with van der Waals surface area (Å²) in [6.07, 6.45) is 2.31. The lowest BCUT2D eigenvalue weighted by atomic mass is 10.2. The van der Waals surface area contributed by atoms with Crippen LogP contribution in [0.3, 0.4) is 0 Å². The lowest BCUT2D eigenvalue weighted by Crippen LogP contribution is -2.31. The zero-order valence-corrected chi connectivity index (χ0v) is 9.80. The van der Waals surface area contributed by atoms with Crippen LogP contribution in [0.2, 0.25) is 0 Å². The molecule has 0 amide bonds. The SMILES string of the molecule is COc1ccsc1CN1CCC[C@H]1CO. The third-order valence-electron chi connectivity index (χ3n) is 2.98. The monoisotopic (exact) mass is 227 g/mol. The maximum atomic E-state index is 9.22. The van der Waals surface area contributed by atoms with E-state index >= 15 is 0 Å². The molecule has 0 bridgehead atoms. The van der Waals surface area contributed by atoms with Gasteiger partial charge in [0.1, 0.15) is 5.75 Å². The quantitative estimate of drug-likeness (QED) is 0.850. The molecule has 3 nitrogen and oxygen atoms in total. The predicted molar refractivity (Wildman–Crippen MR) is 61.4 cm³/mol. The molecule has 4 heteroatoms. The molecule has 1 fully saturated rings. The second-order valence-corrected chi connectivity index (χ2v) is 4.86. The van der Waals surface area contributed by atoms with Crippen molar-refractivity contribution in [2.45, 2.75) is 25.4 Å². The Labute approximate surface area is 94.3 Å². The van der Waals surface area contributed by atoms with Crippen molar-refractivity contribution < 1.29 is 9.84 Å². The van der Waals surface area contributed by atoms with E-state index in [1.165, 1.54) is 11.3 Å². The van der Waals surface area contributed by atoms with E-state index in [1.54, 1.807) is 18.4 Å². The summed E-state index contributed by atoms with van der Waals surface area (Å²) in [7, 11) is 1.71. The molecule has 2 rings (SSSR count). The van der Waals surface area contributed by atoms with Crippen LogP contribution >= 0.6 is 11.3 Å². The van der Waals surface area contributed by atoms with Gasteiger partial charge < -0.3 is 9.84 Å². The lowest BCUT2D eigenvalue weighted by molar-refractivity contribution is 0.153. The van der Waals surface area contributed by atoms with Crippen molar-refractivity contribution in [2.24, 2.45) is 0 Å². The molecule has 1 aliphatic rings. The third kappa shape index (κ3) is 2.33. The molecule has 0 aliphatic carbocycles. The summed E-state index contributed by atoms with van der Waals surface area (Å²) in [5, 5.41) is 11.3. The van der Waals surface area contributed by atoms with Crippen molar-refractivity contribution in [3.05, 3.63) is 16.3 Å². The Morgan fingerprint density at radius 1 is 1.67 bits per heavy atom. The van der Waals surface area contributed by atoms with Gasteiger partial charge in [-0.2, -0.15) is 0 Å². The first kappa shape index (κ1) is 10.9. The molecular weight excluding hydrogens is 210 g/mol. The molecule has 1 N–H and O–H groups in total. The molecule has 0 radical (unpaired) electrons. The molecule has 1 saturated heterocycles. The average Bonchev–Trinajstić information content (AvgIpc) is 2.87. The van der Waals surface area contributed by atoms with Crippen LogP contribution in [0.25, 0.3) is 0 Å². The Morgan fingerprint density at radius 2 is 2.53 bits per heavy atom. The molecule has 1 aromatic rings. The van der Waals surface area contributed by atoms with Crippen LogP contribution < -0.4 is 4.74 Å². The average molecular weight is 227 g/mol. The largest absolute Gasteiger partial charge is 0.496 e. The minimum atomic E-state index is 0.272. The Morgan fingerprint density at radius 3 is 3.27 bits per heavy atom. The van der Waals surface area contributed by atoms with E-state index in [2.05, 4.69) is 10.3 Å². The highest BCUT2D eigenvalue weighted by molar-refractivity contribution is 7.10. The van der Waals surface area contributed by atoms with Crippen LogP contribution in [0, 0.1) is 0 Å². The summed E-state index contributed by atoms with van der Waals surface area (Å²) in [4.78, 5) is 3.60. The molecule has 0 saturated carbocycles. The number of hydrogen-bond donors (Lipinski definition) is 1. The third-order valence-corrected chi connectivity index (χ3v) is 3.87. The lowest BCUT2D eigenvalue weighted by Gasteiger charge is -2.22. The number of aliphatic hydroxyl groups is 1. The number of methoxy groups -OCH3 is 1. The van der Waals surface area contributed by atoms with Gasteiger partial charge in [0.2, 0.25) is 0 Å². The van der Waals surface area contributed by atoms with Gasteiger partial charge in [0.25, 0.3) is 0 Å². The smallest absolute Gasteiger partial charge is 0.134 e. The van der Waals surface area contributed by atoms with Gasteiger partial charge in [0.15, 0.2) is 0 Å². The van der Waals surface area contributed by atoms with Crippen LogP contribution in [0.5, 0.6) is 5.75 Å². The maximum Gasteiger partial charge on any atom is 0.134 e. The number of thiophene rings is 1. The predicted octanol–water partition coefficient (Wildman–Crippen LogP) is 1.71. The maximum absolute atomic E-state index is 9.22. The number of likely N-dealkylation sites (tertiary alicyclic amines) is 1. The summed E-state index contributed by atoms with van der Waals surface area (Å²) in [5.74, 6) is 0.976. The van der Waals surface area contributed by atoms with E-state index < -0.39 is 0 Å². The molecule has 84 valence electrons. The topological polar surface area (TPSA) is 32.7 Å². The summed E-state index contributed by atoms with van der Waals surface area (Å²) in [6.45, 7) is 2.27. The first-order chi connectivity index (χ1) is 7.35. The van der Waals surface area contributed by atoms with E-state index in [-0.39, 0.29) is 6.61 Å². The van der Waals surface area contributed by atoms with Crippen molar-refractivity contribution in [1.29, 1.82) is 0 Å². The van der Waals surface area contributed by atoms with Crippen molar-refractivity contribution in [2.75, 3.05) is 20.3 Å². The fourth-order valence-electron chi connectivity index (χ4n) is 2.12. The fraction of sp³-hybridized carbons (Fsp3) is 0.636. The van der Waals surface area contributed by atoms with E-state index in [0.717, 1.165) is 25.3 Å². The van der Waals surface area contributed by atoms with Crippen molar-refractivity contribution in [3.8, 4) is 5.75 Å². The highest BCUT2D eigenvalue weighted by atomic mass is 32.1. The zero-order chi connectivity index (χ0) is 10.7. The number of rotatable bonds is 4. The molecule has 1 aromatic heterocycles. The van der Waals surface area contributed by atoms with Crippen LogP contribution in [0.1, 0.15) is 17.7 Å². The van der Waals surface area contributed by atoms with Gasteiger partial charge in [-0.25, -0.2) is 0 Å². The second-order valence-electron chi connectivity index (χ2n) is 3.86.